The van der Waals surface area contributed by atoms with E-state index in [0.717, 1.165) is 6.92 Å². The SMILES string of the molecule is CC(=O)N[C@H]1[C@H](O[C@H]2[C@@H](O)[C@@H](CO)O[C@H](O[C@@H]3[C@H](O)[C@@H](O)[C@H](O[C@H]4[C@H](O)[C@@H](O)[C@H](O)O[C@@H]4CO)O[C@@H]3CO)[C@@H]2O)O[C@H](CO)[C@H](O)[C@@H]1O[C@@H]1O[C@H](CO)[C@H](O)[C@H](O)[C@H]1O[C@@H]1O[C@H](C)[C@H](O)[C@H](O)[C@H]1O. The molecule has 0 aromatic carbocycles. The number of carbonyl (C=O) groups is 1. The lowest BCUT2D eigenvalue weighted by molar-refractivity contribution is -0.393. The molecule has 0 aromatic rings. The van der Waals surface area contributed by atoms with Crippen molar-refractivity contribution in [1.82, 2.24) is 5.32 Å². The van der Waals surface area contributed by atoms with Crippen LogP contribution in [0.15, 0.2) is 0 Å². The molecule has 6 aliphatic heterocycles. The van der Waals surface area contributed by atoms with Crippen LogP contribution in [-0.4, -0.2) is 315 Å². The summed E-state index contributed by atoms with van der Waals surface area (Å²) >= 11 is 0. The second kappa shape index (κ2) is 24.1. The van der Waals surface area contributed by atoms with Crippen molar-refractivity contribution in [2.75, 3.05) is 33.0 Å². The minimum absolute atomic E-state index is 0.863. The molecule has 0 spiro atoms. The molecule has 19 N–H and O–H groups in total. The molecule has 0 unspecified atom stereocenters. The maximum absolute atomic E-state index is 12.7. The van der Waals surface area contributed by atoms with Gasteiger partial charge >= 0.3 is 0 Å². The lowest BCUT2D eigenvalue weighted by atomic mass is 9.94. The van der Waals surface area contributed by atoms with Gasteiger partial charge in [-0.05, 0) is 6.92 Å². The zero-order chi connectivity index (χ0) is 50.9. The summed E-state index contributed by atoms with van der Waals surface area (Å²) < 4.78 is 62.4. The van der Waals surface area contributed by atoms with E-state index in [4.69, 9.17) is 52.1 Å². The Morgan fingerprint density at radius 1 is 0.377 bits per heavy atom. The van der Waals surface area contributed by atoms with Gasteiger partial charge in [0.15, 0.2) is 37.7 Å². The Morgan fingerprint density at radius 2 is 0.768 bits per heavy atom. The van der Waals surface area contributed by atoms with Gasteiger partial charge in [0.25, 0.3) is 0 Å². The van der Waals surface area contributed by atoms with Crippen LogP contribution in [0.4, 0.5) is 0 Å². The van der Waals surface area contributed by atoms with Crippen molar-refractivity contribution in [1.29, 1.82) is 0 Å². The summed E-state index contributed by atoms with van der Waals surface area (Å²) in [4.78, 5) is 12.7. The Hall–Kier alpha value is -1.69. The number of aliphatic hydroxyl groups excluding tert-OH is 18. The van der Waals surface area contributed by atoms with Crippen molar-refractivity contribution in [2.45, 2.75) is 198 Å². The molecular weight excluding hydrogens is 950 g/mol. The van der Waals surface area contributed by atoms with E-state index in [1.54, 1.807) is 0 Å². The smallest absolute Gasteiger partial charge is 0.217 e. The van der Waals surface area contributed by atoms with Crippen LogP contribution in [0, 0.1) is 0 Å². The third-order valence-corrected chi connectivity index (χ3v) is 12.8. The number of hydrogen-bond acceptors (Lipinski definition) is 30. The molecule has 6 rings (SSSR count). The molecule has 402 valence electrons. The normalized spacial score (nSPS) is 52.1. The van der Waals surface area contributed by atoms with Crippen molar-refractivity contribution in [3.8, 4) is 0 Å². The van der Waals surface area contributed by atoms with Gasteiger partial charge in [0.2, 0.25) is 5.91 Å². The first-order chi connectivity index (χ1) is 32.6. The van der Waals surface area contributed by atoms with Crippen molar-refractivity contribution in [3.63, 3.8) is 0 Å². The fourth-order valence-corrected chi connectivity index (χ4v) is 8.84. The molecule has 0 aliphatic carbocycles. The number of rotatable bonds is 16. The maximum atomic E-state index is 12.7. The summed E-state index contributed by atoms with van der Waals surface area (Å²) in [6.07, 6.45) is -54.3. The van der Waals surface area contributed by atoms with E-state index >= 15 is 0 Å². The van der Waals surface area contributed by atoms with E-state index in [0.29, 0.717) is 0 Å². The average Bonchev–Trinajstić information content (AvgIpc) is 3.32. The van der Waals surface area contributed by atoms with Crippen molar-refractivity contribution in [3.05, 3.63) is 0 Å². The Balaban J connectivity index is 1.23. The van der Waals surface area contributed by atoms with Gasteiger partial charge in [-0.3, -0.25) is 4.79 Å². The number of nitrogens with one attached hydrogen (secondary N) is 1. The highest BCUT2D eigenvalue weighted by molar-refractivity contribution is 5.73. The first kappa shape index (κ1) is 56.6. The molecule has 0 aromatic heterocycles. The first-order valence-corrected chi connectivity index (χ1v) is 22.0. The number of hydrogen-bond donors (Lipinski definition) is 19. The van der Waals surface area contributed by atoms with Crippen LogP contribution < -0.4 is 5.32 Å². The number of amides is 1. The molecule has 6 heterocycles. The minimum Gasteiger partial charge on any atom is -0.394 e. The topological polar surface area (TPSA) is 495 Å². The summed E-state index contributed by atoms with van der Waals surface area (Å²) in [5.74, 6) is -0.863. The Morgan fingerprint density at radius 3 is 1.33 bits per heavy atom. The standard InChI is InChI=1S/C38H65NO30/c1-8-16(46)20(50)25(55)35(59-8)69-32-21(51)17(47)10(3-40)63-38(32)67-30-15(39-9(2)45)34(61-11(4-41)18(30)48)68-31-19(49)12(5-42)62-37(27(31)57)66-29-14(7-44)64-36(26(56)23(29)53)65-28-13(6-43)60-33(58)24(54)22(28)52/h8,10-38,40-44,46-58H,3-7H2,1-2H3,(H,39,45)/t8-,10-,11-,12-,13-,14-,15-,16+,17+,18+,19+,20+,21+,22-,23-,24-,25-,26-,27-,28-,29+,30-,31+,32-,33-,34+,35+,36+,37-,38+/m1/s1. The average molecular weight is 1020 g/mol. The number of ether oxygens (including phenoxy) is 11. The molecule has 0 saturated carbocycles. The lowest BCUT2D eigenvalue weighted by Gasteiger charge is -2.51. The van der Waals surface area contributed by atoms with Crippen LogP contribution in [0.3, 0.4) is 0 Å². The summed E-state index contributed by atoms with van der Waals surface area (Å²) in [5.41, 5.74) is 0. The molecule has 30 atom stereocenters. The summed E-state index contributed by atoms with van der Waals surface area (Å²) in [6, 6.07) is -1.79. The number of carbonyl (C=O) groups excluding carboxylic acids is 1. The van der Waals surface area contributed by atoms with Gasteiger partial charge in [-0.2, -0.15) is 0 Å². The van der Waals surface area contributed by atoms with E-state index < -0.39 is 223 Å². The van der Waals surface area contributed by atoms with Gasteiger partial charge in [0.1, 0.15) is 140 Å². The molecule has 0 radical (unpaired) electrons. The van der Waals surface area contributed by atoms with Crippen molar-refractivity contribution >= 4 is 5.91 Å². The number of aliphatic hydroxyl groups is 18. The molecule has 6 aliphatic rings. The molecule has 31 nitrogen and oxygen atoms in total. The van der Waals surface area contributed by atoms with Gasteiger partial charge < -0.3 is 149 Å². The van der Waals surface area contributed by atoms with Crippen LogP contribution in [0.5, 0.6) is 0 Å². The predicted octanol–water partition coefficient (Wildman–Crippen LogP) is -12.9. The third kappa shape index (κ3) is 11.8. The van der Waals surface area contributed by atoms with E-state index in [2.05, 4.69) is 5.32 Å². The Bertz CT molecular complexity index is 1610. The summed E-state index contributed by atoms with van der Waals surface area (Å²) in [7, 11) is 0. The highest BCUT2D eigenvalue weighted by Gasteiger charge is 2.58. The quantitative estimate of drug-likeness (QED) is 0.0682. The fourth-order valence-electron chi connectivity index (χ4n) is 8.84. The highest BCUT2D eigenvalue weighted by atomic mass is 16.8. The van der Waals surface area contributed by atoms with Gasteiger partial charge in [0.05, 0.1) is 39.1 Å². The minimum atomic E-state index is -2.21. The Kier molecular flexibility index (Phi) is 19.8. The van der Waals surface area contributed by atoms with Gasteiger partial charge in [-0.25, -0.2) is 0 Å². The van der Waals surface area contributed by atoms with Gasteiger partial charge in [-0.15, -0.1) is 0 Å². The van der Waals surface area contributed by atoms with Crippen LogP contribution in [0.2, 0.25) is 0 Å². The molecule has 31 heteroatoms. The van der Waals surface area contributed by atoms with Crippen molar-refractivity contribution in [2.24, 2.45) is 0 Å². The van der Waals surface area contributed by atoms with Crippen LogP contribution in [0.1, 0.15) is 13.8 Å². The molecule has 6 saturated heterocycles. The second-order valence-corrected chi connectivity index (χ2v) is 17.5. The van der Waals surface area contributed by atoms with Crippen LogP contribution in [-0.2, 0) is 56.9 Å². The predicted molar refractivity (Wildman–Crippen MR) is 209 cm³/mol. The van der Waals surface area contributed by atoms with E-state index in [1.807, 2.05) is 0 Å². The molecule has 69 heavy (non-hydrogen) atoms. The van der Waals surface area contributed by atoms with E-state index in [1.165, 1.54) is 6.92 Å². The molecular formula is C38H65NO30. The molecule has 6 fully saturated rings. The van der Waals surface area contributed by atoms with Gasteiger partial charge in [0, 0.05) is 6.92 Å². The Labute approximate surface area is 390 Å². The van der Waals surface area contributed by atoms with Crippen LogP contribution in [0.25, 0.3) is 0 Å². The summed E-state index contributed by atoms with van der Waals surface area (Å²) in [5, 5.41) is 194. The zero-order valence-corrected chi connectivity index (χ0v) is 36.8. The van der Waals surface area contributed by atoms with Crippen LogP contribution >= 0.6 is 0 Å². The molecule has 1 amide bonds. The second-order valence-electron chi connectivity index (χ2n) is 17.5. The maximum Gasteiger partial charge on any atom is 0.217 e. The lowest BCUT2D eigenvalue weighted by Crippen LogP contribution is -2.70. The van der Waals surface area contributed by atoms with Gasteiger partial charge in [-0.1, -0.05) is 0 Å². The zero-order valence-electron chi connectivity index (χ0n) is 36.8. The van der Waals surface area contributed by atoms with E-state index in [-0.39, 0.29) is 0 Å². The highest BCUT2D eigenvalue weighted by Crippen LogP contribution is 2.37. The fraction of sp³-hybridized carbons (Fsp3) is 0.974. The van der Waals surface area contributed by atoms with E-state index in [9.17, 15) is 96.7 Å². The molecule has 0 bridgehead atoms. The first-order valence-electron chi connectivity index (χ1n) is 22.0. The third-order valence-electron chi connectivity index (χ3n) is 12.8. The monoisotopic (exact) mass is 1020 g/mol. The largest absolute Gasteiger partial charge is 0.394 e. The summed E-state index contributed by atoms with van der Waals surface area (Å²) in [6.45, 7) is -2.55. The van der Waals surface area contributed by atoms with Crippen molar-refractivity contribution < 1.29 is 149 Å².